The van der Waals surface area contributed by atoms with E-state index in [0.29, 0.717) is 25.9 Å². The van der Waals surface area contributed by atoms with E-state index in [9.17, 15) is 28.8 Å². The van der Waals surface area contributed by atoms with Gasteiger partial charge in [0.15, 0.2) is 0 Å². The fourth-order valence-corrected chi connectivity index (χ4v) is 7.52. The predicted molar refractivity (Wildman–Crippen MR) is 208 cm³/mol. The number of aromatic amines is 1. The van der Waals surface area contributed by atoms with E-state index in [0.717, 1.165) is 46.6 Å². The van der Waals surface area contributed by atoms with Crippen LogP contribution in [0.2, 0.25) is 0 Å². The quantitative estimate of drug-likeness (QED) is 0.181. The van der Waals surface area contributed by atoms with E-state index in [4.69, 9.17) is 9.47 Å². The Hall–Kier alpha value is -5.53. The lowest BCUT2D eigenvalue weighted by molar-refractivity contribution is -0.149. The molecule has 5 rings (SSSR count). The van der Waals surface area contributed by atoms with E-state index in [1.54, 1.807) is 6.20 Å². The molecule has 3 N–H and O–H groups in total. The van der Waals surface area contributed by atoms with Gasteiger partial charge in [-0.25, -0.2) is 9.78 Å². The van der Waals surface area contributed by atoms with Crippen molar-refractivity contribution in [2.24, 2.45) is 23.7 Å². The van der Waals surface area contributed by atoms with Gasteiger partial charge in [-0.1, -0.05) is 76.2 Å². The predicted octanol–water partition coefficient (Wildman–Crippen LogP) is 5.39. The molecule has 2 aromatic carbocycles. The maximum Gasteiger partial charge on any atom is 0.321 e. The Bertz CT molecular complexity index is 1870. The van der Waals surface area contributed by atoms with Crippen molar-refractivity contribution in [3.8, 4) is 22.4 Å². The first-order valence-electron chi connectivity index (χ1n) is 19.4. The van der Waals surface area contributed by atoms with E-state index in [-0.39, 0.29) is 49.1 Å². The monoisotopic (exact) mass is 770 g/mol. The summed E-state index contributed by atoms with van der Waals surface area (Å²) >= 11 is 0. The first kappa shape index (κ1) is 41.6. The van der Waals surface area contributed by atoms with E-state index in [2.05, 4.69) is 20.6 Å². The molecule has 2 aliphatic heterocycles. The van der Waals surface area contributed by atoms with Crippen molar-refractivity contribution in [1.82, 2.24) is 30.4 Å². The maximum atomic E-state index is 13.6. The summed E-state index contributed by atoms with van der Waals surface area (Å²) in [5, 5.41) is 5.10. The van der Waals surface area contributed by atoms with Crippen molar-refractivity contribution in [2.45, 2.75) is 84.8 Å². The highest BCUT2D eigenvalue weighted by Gasteiger charge is 2.40. The second-order valence-corrected chi connectivity index (χ2v) is 15.3. The highest BCUT2D eigenvalue weighted by atomic mass is 16.5. The molecule has 1 aromatic heterocycles. The maximum absolute atomic E-state index is 13.6. The molecule has 14 nitrogen and oxygen atoms in total. The molecule has 0 unspecified atom stereocenters. The number of rotatable bonds is 14. The number of methoxy groups -OCH3 is 2. The van der Waals surface area contributed by atoms with Gasteiger partial charge >= 0.3 is 18.0 Å². The van der Waals surface area contributed by atoms with Crippen molar-refractivity contribution in [3.05, 3.63) is 66.1 Å². The third-order valence-corrected chi connectivity index (χ3v) is 10.9. The van der Waals surface area contributed by atoms with Crippen molar-refractivity contribution < 1.29 is 38.2 Å². The third-order valence-electron chi connectivity index (χ3n) is 10.9. The van der Waals surface area contributed by atoms with Crippen LogP contribution in [-0.4, -0.2) is 88.8 Å². The number of aromatic nitrogens is 2. The normalized spacial score (nSPS) is 17.8. The number of hydrogen-bond donors (Lipinski definition) is 3. The van der Waals surface area contributed by atoms with Crippen LogP contribution in [0, 0.1) is 23.7 Å². The number of imide groups is 1. The van der Waals surface area contributed by atoms with Crippen LogP contribution in [0.3, 0.4) is 0 Å². The lowest BCUT2D eigenvalue weighted by Crippen LogP contribution is -2.51. The van der Waals surface area contributed by atoms with Crippen LogP contribution in [0.1, 0.15) is 83.6 Å². The molecule has 2 aliphatic rings. The molecule has 3 heterocycles. The Morgan fingerprint density at radius 2 is 1.27 bits per heavy atom. The second kappa shape index (κ2) is 18.9. The minimum absolute atomic E-state index is 0.00926. The zero-order valence-corrected chi connectivity index (χ0v) is 33.1. The summed E-state index contributed by atoms with van der Waals surface area (Å²) in [5.74, 6) is -2.25. The minimum Gasteiger partial charge on any atom is -0.469 e. The number of imidazole rings is 1. The van der Waals surface area contributed by atoms with Gasteiger partial charge in [0.25, 0.3) is 5.91 Å². The zero-order chi connectivity index (χ0) is 40.5. The van der Waals surface area contributed by atoms with Gasteiger partial charge in [-0.3, -0.25) is 29.3 Å². The molecule has 0 spiro atoms. The number of H-pyrrole nitrogens is 1. The summed E-state index contributed by atoms with van der Waals surface area (Å²) in [6, 6.07) is 14.1. The molecule has 14 heteroatoms. The van der Waals surface area contributed by atoms with Crippen LogP contribution < -0.4 is 10.6 Å². The number of likely N-dealkylation sites (tertiary alicyclic amines) is 2. The van der Waals surface area contributed by atoms with Gasteiger partial charge in [0.2, 0.25) is 11.8 Å². The summed E-state index contributed by atoms with van der Waals surface area (Å²) in [5.41, 5.74) is 4.60. The SMILES string of the molecule is COC(=O)C[C@H](C(=O)N1CCC[C@H]1C(=O)NC(=O)NCc1ccc(-c2ccc(-c3cnc([C@@H]4CCCN4C(=O)[C@@H](CC(=O)OC)C(C)C)[nH]3)cc2)cc1)C(C)C. The molecule has 0 saturated carbocycles. The minimum atomic E-state index is -0.787. The van der Waals surface area contributed by atoms with Crippen molar-refractivity contribution in [3.63, 3.8) is 0 Å². The number of carbonyl (C=O) groups is 6. The molecule has 2 fully saturated rings. The van der Waals surface area contributed by atoms with Crippen molar-refractivity contribution in [2.75, 3.05) is 27.3 Å². The summed E-state index contributed by atoms with van der Waals surface area (Å²) < 4.78 is 9.61. The van der Waals surface area contributed by atoms with Gasteiger partial charge < -0.3 is 29.6 Å². The number of urea groups is 1. The highest BCUT2D eigenvalue weighted by molar-refractivity contribution is 5.99. The lowest BCUT2D eigenvalue weighted by atomic mass is 9.90. The van der Waals surface area contributed by atoms with Gasteiger partial charge in [0.1, 0.15) is 11.9 Å². The number of ether oxygens (including phenoxy) is 2. The first-order valence-corrected chi connectivity index (χ1v) is 19.4. The number of benzene rings is 2. The molecule has 2 saturated heterocycles. The number of esters is 2. The molecular weight excluding hydrogens is 716 g/mol. The second-order valence-electron chi connectivity index (χ2n) is 15.3. The fourth-order valence-electron chi connectivity index (χ4n) is 7.52. The molecule has 5 amide bonds. The van der Waals surface area contributed by atoms with Crippen molar-refractivity contribution >= 4 is 35.7 Å². The Kier molecular flexibility index (Phi) is 14.0. The summed E-state index contributed by atoms with van der Waals surface area (Å²) in [4.78, 5) is 88.0. The molecule has 0 aliphatic carbocycles. The Labute approximate surface area is 328 Å². The first-order chi connectivity index (χ1) is 26.8. The summed E-state index contributed by atoms with van der Waals surface area (Å²) in [7, 11) is 2.61. The molecular formula is C42H54N6O8. The summed E-state index contributed by atoms with van der Waals surface area (Å²) in [6.45, 7) is 8.78. The zero-order valence-electron chi connectivity index (χ0n) is 33.1. The number of nitrogens with zero attached hydrogens (tertiary/aromatic N) is 3. The van der Waals surface area contributed by atoms with Crippen LogP contribution >= 0.6 is 0 Å². The molecule has 3 aromatic rings. The fraction of sp³-hybridized carbons (Fsp3) is 0.500. The number of carbonyl (C=O) groups excluding carboxylic acids is 6. The van der Waals surface area contributed by atoms with Crippen LogP contribution in [-0.2, 0) is 40.0 Å². The molecule has 300 valence electrons. The van der Waals surface area contributed by atoms with Crippen LogP contribution in [0.5, 0.6) is 0 Å². The van der Waals surface area contributed by atoms with Gasteiger partial charge in [-0.15, -0.1) is 0 Å². The van der Waals surface area contributed by atoms with Crippen LogP contribution in [0.4, 0.5) is 4.79 Å². The Morgan fingerprint density at radius 1 is 0.750 bits per heavy atom. The largest absolute Gasteiger partial charge is 0.469 e. The number of nitrogens with one attached hydrogen (secondary N) is 3. The van der Waals surface area contributed by atoms with Crippen molar-refractivity contribution in [1.29, 1.82) is 0 Å². The Morgan fingerprint density at radius 3 is 1.84 bits per heavy atom. The lowest BCUT2D eigenvalue weighted by Gasteiger charge is -2.29. The van der Waals surface area contributed by atoms with E-state index >= 15 is 0 Å². The van der Waals surface area contributed by atoms with Gasteiger partial charge in [0, 0.05) is 19.6 Å². The average Bonchev–Trinajstić information content (AvgIpc) is 3.99. The van der Waals surface area contributed by atoms with E-state index in [1.165, 1.54) is 19.1 Å². The number of hydrogen-bond acceptors (Lipinski definition) is 9. The van der Waals surface area contributed by atoms with Gasteiger partial charge in [-0.05, 0) is 59.8 Å². The standard InChI is InChI=1S/C42H54N6O8/c1-25(2)31(21-36(49)55-5)40(52)47-19-7-9-34(47)38-43-24-33(45-38)30-17-15-29(16-18-30)28-13-11-27(12-14-28)23-44-42(54)46-39(51)35-10-8-20-48(35)41(53)32(26(3)4)22-37(50)56-6/h11-18,24-26,31-32,34-35H,7-10,19-23H2,1-6H3,(H,43,45)(H2,44,46,51,54)/t31-,32-,34-,35-/m0/s1. The molecule has 0 bridgehead atoms. The Balaban J connectivity index is 1.14. The third kappa shape index (κ3) is 10.0. The van der Waals surface area contributed by atoms with Crippen LogP contribution in [0.25, 0.3) is 22.4 Å². The van der Waals surface area contributed by atoms with Crippen LogP contribution in [0.15, 0.2) is 54.7 Å². The van der Waals surface area contributed by atoms with E-state index in [1.807, 2.05) is 81.1 Å². The highest BCUT2D eigenvalue weighted by Crippen LogP contribution is 2.35. The van der Waals surface area contributed by atoms with E-state index < -0.39 is 41.8 Å². The molecule has 56 heavy (non-hydrogen) atoms. The molecule has 0 radical (unpaired) electrons. The molecule has 4 atom stereocenters. The smallest absolute Gasteiger partial charge is 0.321 e. The average molecular weight is 771 g/mol. The number of amides is 5. The topological polar surface area (TPSA) is 180 Å². The van der Waals surface area contributed by atoms with Gasteiger partial charge in [0.05, 0.1) is 56.8 Å². The summed E-state index contributed by atoms with van der Waals surface area (Å²) in [6.07, 6.45) is 4.46. The van der Waals surface area contributed by atoms with Gasteiger partial charge in [-0.2, -0.15) is 0 Å².